The summed E-state index contributed by atoms with van der Waals surface area (Å²) in [6.45, 7) is 0. The first kappa shape index (κ1) is 20.2. The van der Waals surface area contributed by atoms with Crippen LogP contribution < -0.4 is 0 Å². The van der Waals surface area contributed by atoms with Gasteiger partial charge in [0.1, 0.15) is 16.9 Å². The molecule has 4 fully saturated rings. The molecule has 5 rings (SSSR count). The largest absolute Gasteiger partial charge is 0.507 e. The lowest BCUT2D eigenvalue weighted by Crippen LogP contribution is -2.62. The molecule has 1 aromatic rings. The summed E-state index contributed by atoms with van der Waals surface area (Å²) in [5.74, 6) is -3.28. The highest BCUT2D eigenvalue weighted by Crippen LogP contribution is 2.64. The predicted molar refractivity (Wildman–Crippen MR) is 94.9 cm³/mol. The molecule has 158 valence electrons. The third-order valence-corrected chi connectivity index (χ3v) is 7.34. The minimum atomic E-state index is -5.91. The molecule has 1 aromatic carbocycles. The van der Waals surface area contributed by atoms with Crippen molar-refractivity contribution in [2.24, 2.45) is 17.3 Å². The number of aromatic hydroxyl groups is 1. The quantitative estimate of drug-likeness (QED) is 0.545. The van der Waals surface area contributed by atoms with Gasteiger partial charge in [0.2, 0.25) is 5.78 Å². The number of halogens is 2. The van der Waals surface area contributed by atoms with Crippen LogP contribution in [0.3, 0.4) is 0 Å². The average molecular weight is 430 g/mol. The molecule has 2 atom stereocenters. The van der Waals surface area contributed by atoms with E-state index < -0.39 is 38.1 Å². The van der Waals surface area contributed by atoms with Crippen LogP contribution in [-0.4, -0.2) is 40.7 Å². The molecule has 4 aliphatic carbocycles. The summed E-state index contributed by atoms with van der Waals surface area (Å²) in [7, 11) is -5.91. The molecule has 0 aliphatic heterocycles. The van der Waals surface area contributed by atoms with E-state index in [1.807, 2.05) is 0 Å². The van der Waals surface area contributed by atoms with E-state index in [9.17, 15) is 31.9 Å². The van der Waals surface area contributed by atoms with E-state index in [-0.39, 0.29) is 42.4 Å². The summed E-state index contributed by atoms with van der Waals surface area (Å²) in [5, 5.41) is 4.97. The summed E-state index contributed by atoms with van der Waals surface area (Å²) >= 11 is 0. The third-order valence-electron chi connectivity index (χ3n) is 6.51. The first-order valence-electron chi connectivity index (χ1n) is 9.29. The van der Waals surface area contributed by atoms with Gasteiger partial charge in [-0.15, -0.1) is 0 Å². The van der Waals surface area contributed by atoms with Crippen molar-refractivity contribution in [3.63, 3.8) is 0 Å². The van der Waals surface area contributed by atoms with Gasteiger partial charge in [-0.05, 0) is 56.1 Å². The van der Waals surface area contributed by atoms with Crippen molar-refractivity contribution in [2.45, 2.75) is 49.4 Å². The van der Waals surface area contributed by atoms with E-state index in [1.165, 1.54) is 24.3 Å². The Morgan fingerprint density at radius 2 is 1.69 bits per heavy atom. The molecule has 10 heteroatoms. The second-order valence-electron chi connectivity index (χ2n) is 8.65. The smallest absolute Gasteiger partial charge is 0.427 e. The number of ketones is 1. The van der Waals surface area contributed by atoms with Gasteiger partial charge in [0.05, 0.1) is 0 Å². The van der Waals surface area contributed by atoms with Crippen LogP contribution in [0.15, 0.2) is 24.3 Å². The lowest BCUT2D eigenvalue weighted by molar-refractivity contribution is -0.187. The maximum absolute atomic E-state index is 14.2. The average Bonchev–Trinajstić information content (AvgIpc) is 2.58. The highest BCUT2D eigenvalue weighted by molar-refractivity contribution is 7.87. The number of carbonyl (C=O) groups excluding carboxylic acids is 2. The summed E-state index contributed by atoms with van der Waals surface area (Å²) in [4.78, 5) is 25.3. The van der Waals surface area contributed by atoms with Gasteiger partial charge in [-0.25, -0.2) is 4.79 Å². The van der Waals surface area contributed by atoms with E-state index in [0.29, 0.717) is 19.3 Å². The van der Waals surface area contributed by atoms with E-state index in [0.717, 1.165) is 0 Å². The van der Waals surface area contributed by atoms with Crippen molar-refractivity contribution in [3.8, 4) is 5.75 Å². The number of carbonyl (C=O) groups is 2. The molecule has 2 unspecified atom stereocenters. The molecule has 4 bridgehead atoms. The fourth-order valence-electron chi connectivity index (χ4n) is 5.89. The first-order chi connectivity index (χ1) is 13.4. The highest BCUT2D eigenvalue weighted by atomic mass is 32.2. The molecule has 4 aliphatic rings. The first-order valence-corrected chi connectivity index (χ1v) is 10.7. The van der Waals surface area contributed by atoms with Crippen molar-refractivity contribution in [1.29, 1.82) is 0 Å². The van der Waals surface area contributed by atoms with Crippen molar-refractivity contribution in [3.05, 3.63) is 29.8 Å². The van der Waals surface area contributed by atoms with Crippen LogP contribution in [0.2, 0.25) is 0 Å². The van der Waals surface area contributed by atoms with Crippen LogP contribution in [-0.2, 0) is 19.6 Å². The zero-order valence-electron chi connectivity index (χ0n) is 15.3. The number of rotatable bonds is 5. The van der Waals surface area contributed by atoms with Gasteiger partial charge in [0.15, 0.2) is 0 Å². The van der Waals surface area contributed by atoms with Gasteiger partial charge >= 0.3 is 21.3 Å². The Bertz CT molecular complexity index is 974. The molecule has 0 heterocycles. The minimum absolute atomic E-state index is 0.0727. The third kappa shape index (κ3) is 3.13. The van der Waals surface area contributed by atoms with Gasteiger partial charge in [-0.1, -0.05) is 12.1 Å². The zero-order valence-corrected chi connectivity index (χ0v) is 16.1. The molecule has 29 heavy (non-hydrogen) atoms. The van der Waals surface area contributed by atoms with Crippen LogP contribution in [0.5, 0.6) is 5.75 Å². The lowest BCUT2D eigenvalue weighted by atomic mass is 9.47. The summed E-state index contributed by atoms with van der Waals surface area (Å²) < 4.78 is 65.3. The fraction of sp³-hybridized carbons (Fsp3) is 0.579. The van der Waals surface area contributed by atoms with Gasteiger partial charge in [-0.2, -0.15) is 17.2 Å². The number of esters is 1. The van der Waals surface area contributed by atoms with Gasteiger partial charge in [-0.3, -0.25) is 9.35 Å². The Balaban J connectivity index is 1.67. The maximum atomic E-state index is 14.2. The van der Waals surface area contributed by atoms with Crippen LogP contribution in [0.25, 0.3) is 0 Å². The Labute approximate surface area is 165 Å². The molecule has 0 amide bonds. The molecule has 4 saturated carbocycles. The molecule has 0 aromatic heterocycles. The van der Waals surface area contributed by atoms with Gasteiger partial charge in [0, 0.05) is 11.8 Å². The van der Waals surface area contributed by atoms with Crippen molar-refractivity contribution < 1.29 is 41.2 Å². The Kier molecular flexibility index (Phi) is 4.33. The molecule has 2 N–H and O–H groups in total. The van der Waals surface area contributed by atoms with Crippen LogP contribution >= 0.6 is 0 Å². The van der Waals surface area contributed by atoms with E-state index in [2.05, 4.69) is 0 Å². The SMILES string of the molecule is O=C(OC12CC3CC(C1)CC(C(=O)C(F)(F)S(=O)(=O)O)(C3)C2)c1ccccc1O. The lowest BCUT2D eigenvalue weighted by Gasteiger charge is -2.60. The number of Topliss-reactive ketones (excluding diaryl/α,β-unsaturated/α-hetero) is 1. The number of ether oxygens (including phenoxy) is 1. The highest BCUT2D eigenvalue weighted by Gasteiger charge is 2.68. The Morgan fingerprint density at radius 3 is 2.24 bits per heavy atom. The summed E-state index contributed by atoms with van der Waals surface area (Å²) in [6.07, 6.45) is 1.37. The van der Waals surface area contributed by atoms with Crippen LogP contribution in [0.1, 0.15) is 48.9 Å². The molecular weight excluding hydrogens is 410 g/mol. The maximum Gasteiger partial charge on any atom is 0.427 e. The number of alkyl halides is 2. The number of phenols is 1. The number of para-hydroxylation sites is 1. The molecule has 7 nitrogen and oxygen atoms in total. The van der Waals surface area contributed by atoms with E-state index in [4.69, 9.17) is 9.29 Å². The number of hydrogen-bond donors (Lipinski definition) is 2. The van der Waals surface area contributed by atoms with Crippen LogP contribution in [0.4, 0.5) is 8.78 Å². The number of hydrogen-bond acceptors (Lipinski definition) is 6. The fourth-order valence-corrected chi connectivity index (χ4v) is 6.34. The summed E-state index contributed by atoms with van der Waals surface area (Å²) in [6, 6.07) is 5.75. The second kappa shape index (κ2) is 6.21. The second-order valence-corrected chi connectivity index (χ2v) is 10.1. The molecular formula is C19H20F2O7S. The predicted octanol–water partition coefficient (Wildman–Crippen LogP) is 2.94. The molecule has 0 spiro atoms. The minimum Gasteiger partial charge on any atom is -0.507 e. The van der Waals surface area contributed by atoms with E-state index >= 15 is 0 Å². The van der Waals surface area contributed by atoms with Crippen LogP contribution in [0, 0.1) is 17.3 Å². The van der Waals surface area contributed by atoms with Gasteiger partial charge in [0.25, 0.3) is 0 Å². The topological polar surface area (TPSA) is 118 Å². The number of phenolic OH excluding ortho intramolecular Hbond substituents is 1. The van der Waals surface area contributed by atoms with Gasteiger partial charge < -0.3 is 9.84 Å². The van der Waals surface area contributed by atoms with E-state index in [1.54, 1.807) is 0 Å². The molecule has 0 saturated heterocycles. The Hall–Kier alpha value is -2.07. The Morgan fingerprint density at radius 1 is 1.10 bits per heavy atom. The zero-order chi connectivity index (χ0) is 21.2. The monoisotopic (exact) mass is 430 g/mol. The molecule has 0 radical (unpaired) electrons. The van der Waals surface area contributed by atoms with Crippen molar-refractivity contribution >= 4 is 21.9 Å². The number of benzene rings is 1. The normalized spacial score (nSPS) is 33.5. The van der Waals surface area contributed by atoms with Crippen molar-refractivity contribution in [1.82, 2.24) is 0 Å². The standard InChI is InChI=1S/C19H20F2O7S/c20-19(21,29(25,26)27)16(24)17-6-11-5-12(7-17)9-18(8-11,10-17)28-15(23)13-3-1-2-4-14(13)22/h1-4,11-12,22H,5-10H2,(H,25,26,27). The summed E-state index contributed by atoms with van der Waals surface area (Å²) in [5.41, 5.74) is -2.94. The van der Waals surface area contributed by atoms with Crippen molar-refractivity contribution in [2.75, 3.05) is 0 Å².